The highest BCUT2D eigenvalue weighted by molar-refractivity contribution is 6.30. The molecule has 1 atom stereocenters. The zero-order valence-corrected chi connectivity index (χ0v) is 25.9. The molecule has 1 N–H and O–H groups in total. The number of nitrogens with one attached hydrogen (secondary N) is 1. The van der Waals surface area contributed by atoms with Gasteiger partial charge in [-0.15, -0.1) is 0 Å². The minimum atomic E-state index is -0.418. The molecule has 1 saturated heterocycles. The quantitative estimate of drug-likeness (QED) is 0.377. The molecule has 0 saturated carbocycles. The van der Waals surface area contributed by atoms with Crippen molar-refractivity contribution in [2.75, 3.05) is 49.7 Å². The number of piperazine rings is 1. The first kappa shape index (κ1) is 28.7. The van der Waals surface area contributed by atoms with Crippen LogP contribution in [0.15, 0.2) is 78.0 Å². The van der Waals surface area contributed by atoms with Crippen LogP contribution in [0.25, 0.3) is 0 Å². The molecule has 3 aromatic rings. The molecule has 3 aromatic carbocycles. The van der Waals surface area contributed by atoms with Crippen LogP contribution in [0.3, 0.4) is 0 Å². The van der Waals surface area contributed by atoms with Gasteiger partial charge in [0.25, 0.3) is 0 Å². The van der Waals surface area contributed by atoms with Crippen LogP contribution in [-0.2, 0) is 16.1 Å². The average Bonchev–Trinajstić information content (AvgIpc) is 3.42. The van der Waals surface area contributed by atoms with E-state index in [-0.39, 0.29) is 30.4 Å². The Balaban J connectivity index is 1.15. The lowest BCUT2D eigenvalue weighted by Crippen LogP contribution is -2.51. The van der Waals surface area contributed by atoms with Crippen molar-refractivity contribution < 1.29 is 19.1 Å². The highest BCUT2D eigenvalue weighted by Gasteiger charge is 2.42. The first-order valence-electron chi connectivity index (χ1n) is 15.3. The van der Waals surface area contributed by atoms with E-state index in [9.17, 15) is 9.59 Å². The van der Waals surface area contributed by atoms with Crippen molar-refractivity contribution in [1.29, 1.82) is 0 Å². The summed E-state index contributed by atoms with van der Waals surface area (Å²) in [5.41, 5.74) is 5.43. The van der Waals surface area contributed by atoms with Crippen LogP contribution < -0.4 is 19.7 Å². The molecule has 228 valence electrons. The number of halogens is 1. The van der Waals surface area contributed by atoms with Gasteiger partial charge in [-0.25, -0.2) is 0 Å². The van der Waals surface area contributed by atoms with Crippen molar-refractivity contribution in [1.82, 2.24) is 9.80 Å². The summed E-state index contributed by atoms with van der Waals surface area (Å²) >= 11 is 6.30. The predicted octanol–water partition coefficient (Wildman–Crippen LogP) is 6.03. The Morgan fingerprint density at radius 2 is 1.70 bits per heavy atom. The van der Waals surface area contributed by atoms with Crippen LogP contribution in [0.4, 0.5) is 11.4 Å². The molecule has 9 heteroatoms. The zero-order valence-electron chi connectivity index (χ0n) is 25.1. The summed E-state index contributed by atoms with van der Waals surface area (Å²) in [6, 6.07) is 21.4. The number of Topliss-reactive ketones (excluding diaryl/α,β-unsaturated/α-hetero) is 1. The van der Waals surface area contributed by atoms with Crippen molar-refractivity contribution in [2.24, 2.45) is 5.41 Å². The summed E-state index contributed by atoms with van der Waals surface area (Å²) in [6.07, 6.45) is 1.21. The van der Waals surface area contributed by atoms with Crippen LogP contribution in [0, 0.1) is 5.41 Å². The van der Waals surface area contributed by atoms with Crippen molar-refractivity contribution >= 4 is 34.7 Å². The molecule has 1 fully saturated rings. The molecular weight excluding hydrogens is 576 g/mol. The number of benzene rings is 3. The molecule has 1 amide bonds. The van der Waals surface area contributed by atoms with Crippen LogP contribution in [0.2, 0.25) is 5.02 Å². The number of fused-ring (bicyclic) bond motifs is 2. The Bertz CT molecular complexity index is 1630. The Morgan fingerprint density at radius 1 is 0.955 bits per heavy atom. The molecular formula is C35H37ClN4O4. The van der Waals surface area contributed by atoms with Gasteiger partial charge in [0.2, 0.25) is 12.7 Å². The summed E-state index contributed by atoms with van der Waals surface area (Å²) < 4.78 is 11.0. The van der Waals surface area contributed by atoms with Crippen LogP contribution in [0.5, 0.6) is 11.5 Å². The zero-order chi connectivity index (χ0) is 30.4. The molecule has 44 heavy (non-hydrogen) atoms. The first-order valence-corrected chi connectivity index (χ1v) is 15.6. The SMILES string of the molecule is CC1(C)CC(=O)C2=C(C1)Nc1ccccc1N(CC(=O)N1CCN(Cc3ccc4c(c3)OCO4)CC1)C2c1ccc(Cl)cc1. The van der Waals surface area contributed by atoms with E-state index in [1.807, 2.05) is 65.6 Å². The molecule has 3 aliphatic heterocycles. The highest BCUT2D eigenvalue weighted by Crippen LogP contribution is 2.48. The topological polar surface area (TPSA) is 74.4 Å². The Morgan fingerprint density at radius 3 is 2.50 bits per heavy atom. The van der Waals surface area contributed by atoms with Gasteiger partial charge in [-0.05, 0) is 59.4 Å². The molecule has 0 spiro atoms. The van der Waals surface area contributed by atoms with E-state index in [4.69, 9.17) is 21.1 Å². The van der Waals surface area contributed by atoms with Crippen LogP contribution in [-0.4, -0.2) is 61.0 Å². The number of ketones is 1. The van der Waals surface area contributed by atoms with E-state index in [2.05, 4.69) is 35.0 Å². The smallest absolute Gasteiger partial charge is 0.242 e. The molecule has 0 radical (unpaired) electrons. The number of anilines is 2. The molecule has 7 rings (SSSR count). The summed E-state index contributed by atoms with van der Waals surface area (Å²) in [7, 11) is 0. The largest absolute Gasteiger partial charge is 0.454 e. The van der Waals surface area contributed by atoms with Gasteiger partial charge in [0.15, 0.2) is 17.3 Å². The lowest BCUT2D eigenvalue weighted by Gasteiger charge is -2.40. The summed E-state index contributed by atoms with van der Waals surface area (Å²) in [4.78, 5) is 34.4. The normalized spacial score (nSPS) is 21.0. The number of carbonyl (C=O) groups is 2. The molecule has 3 heterocycles. The van der Waals surface area contributed by atoms with Crippen molar-refractivity contribution in [2.45, 2.75) is 39.3 Å². The second-order valence-corrected chi connectivity index (χ2v) is 13.3. The lowest BCUT2D eigenvalue weighted by atomic mass is 9.73. The van der Waals surface area contributed by atoms with E-state index < -0.39 is 6.04 Å². The molecule has 4 aliphatic rings. The third-order valence-corrected chi connectivity index (χ3v) is 9.32. The third kappa shape index (κ3) is 5.64. The van der Waals surface area contributed by atoms with Gasteiger partial charge in [-0.1, -0.05) is 55.8 Å². The monoisotopic (exact) mass is 612 g/mol. The number of ether oxygens (including phenoxy) is 2. The highest BCUT2D eigenvalue weighted by atomic mass is 35.5. The number of para-hydroxylation sites is 2. The Labute approximate surface area is 263 Å². The molecule has 8 nitrogen and oxygen atoms in total. The minimum Gasteiger partial charge on any atom is -0.454 e. The summed E-state index contributed by atoms with van der Waals surface area (Å²) in [5, 5.41) is 4.26. The number of rotatable bonds is 5. The molecule has 1 unspecified atom stereocenters. The van der Waals surface area contributed by atoms with Gasteiger partial charge in [0.05, 0.1) is 24.0 Å². The van der Waals surface area contributed by atoms with Crippen molar-refractivity contribution in [3.8, 4) is 11.5 Å². The lowest BCUT2D eigenvalue weighted by molar-refractivity contribution is -0.131. The maximum absolute atomic E-state index is 14.0. The van der Waals surface area contributed by atoms with E-state index >= 15 is 0 Å². The van der Waals surface area contributed by atoms with Gasteiger partial charge in [-0.2, -0.15) is 0 Å². The van der Waals surface area contributed by atoms with Gasteiger partial charge in [-0.3, -0.25) is 14.5 Å². The van der Waals surface area contributed by atoms with Gasteiger partial charge in [0, 0.05) is 55.4 Å². The number of carbonyl (C=O) groups excluding carboxylic acids is 2. The molecule has 0 bridgehead atoms. The Hall–Kier alpha value is -4.01. The first-order chi connectivity index (χ1) is 21.2. The molecule has 1 aliphatic carbocycles. The maximum Gasteiger partial charge on any atom is 0.242 e. The number of hydrogen-bond donors (Lipinski definition) is 1. The third-order valence-electron chi connectivity index (χ3n) is 9.06. The van der Waals surface area contributed by atoms with E-state index in [0.717, 1.165) is 71.3 Å². The summed E-state index contributed by atoms with van der Waals surface area (Å²) in [6.45, 7) is 8.33. The fraction of sp³-hybridized carbons (Fsp3) is 0.371. The standard InChI is InChI=1S/C35H37ClN4O4/c1-35(2)18-27-33(29(41)19-35)34(24-8-10-25(36)11-9-24)40(28-6-4-3-5-26(28)37-27)21-32(42)39-15-13-38(14-16-39)20-23-7-12-30-31(17-23)44-22-43-30/h3-12,17,34,37H,13-16,18-22H2,1-2H3. The van der Waals surface area contributed by atoms with Crippen LogP contribution >= 0.6 is 11.6 Å². The number of hydrogen-bond acceptors (Lipinski definition) is 7. The van der Waals surface area contributed by atoms with Crippen LogP contribution in [0.1, 0.15) is 43.9 Å². The predicted molar refractivity (Wildman–Crippen MR) is 171 cm³/mol. The van der Waals surface area contributed by atoms with Gasteiger partial charge < -0.3 is 24.6 Å². The number of allylic oxidation sites excluding steroid dienone is 1. The fourth-order valence-electron chi connectivity index (χ4n) is 6.92. The number of amides is 1. The van der Waals surface area contributed by atoms with Crippen molar-refractivity contribution in [3.05, 3.63) is 94.1 Å². The van der Waals surface area contributed by atoms with E-state index in [1.54, 1.807) is 0 Å². The summed E-state index contributed by atoms with van der Waals surface area (Å²) in [5.74, 6) is 1.74. The van der Waals surface area contributed by atoms with Crippen molar-refractivity contribution in [3.63, 3.8) is 0 Å². The number of nitrogens with zero attached hydrogens (tertiary/aromatic N) is 3. The maximum atomic E-state index is 14.0. The molecule has 0 aromatic heterocycles. The second kappa shape index (κ2) is 11.5. The average molecular weight is 613 g/mol. The Kier molecular flexibility index (Phi) is 7.50. The minimum absolute atomic E-state index is 0.0501. The van der Waals surface area contributed by atoms with E-state index in [1.165, 1.54) is 0 Å². The second-order valence-electron chi connectivity index (χ2n) is 12.9. The van der Waals surface area contributed by atoms with Gasteiger partial charge in [0.1, 0.15) is 0 Å². The van der Waals surface area contributed by atoms with E-state index in [0.29, 0.717) is 24.5 Å². The van der Waals surface area contributed by atoms with Gasteiger partial charge >= 0.3 is 0 Å². The fourth-order valence-corrected chi connectivity index (χ4v) is 7.04.